The fourth-order valence-corrected chi connectivity index (χ4v) is 0.632. The molecule has 0 aliphatic carbocycles. The quantitative estimate of drug-likeness (QED) is 0.358. The van der Waals surface area contributed by atoms with Crippen molar-refractivity contribution in [2.24, 2.45) is 0 Å². The van der Waals surface area contributed by atoms with E-state index in [0.29, 0.717) is 0 Å². The van der Waals surface area contributed by atoms with Crippen LogP contribution in [0.4, 0.5) is 0 Å². The van der Waals surface area contributed by atoms with Crippen molar-refractivity contribution in [1.29, 1.82) is 0 Å². The highest BCUT2D eigenvalue weighted by atomic mass is 17.0. The Morgan fingerprint density at radius 2 is 1.29 bits per heavy atom. The maximum atomic E-state index is 8.83. The Balaban J connectivity index is 4.09. The van der Waals surface area contributed by atoms with Crippen molar-refractivity contribution in [1.82, 2.24) is 10.9 Å². The second-order valence-electron chi connectivity index (χ2n) is 3.66. The van der Waals surface area contributed by atoms with E-state index < -0.39 is 18.3 Å². The number of aliphatic hydroxyl groups is 3. The van der Waals surface area contributed by atoms with Gasteiger partial charge in [0.05, 0.1) is 19.8 Å². The summed E-state index contributed by atoms with van der Waals surface area (Å²) in [5, 5.41) is 27.2. The molecule has 3 atom stereocenters. The van der Waals surface area contributed by atoms with Gasteiger partial charge >= 0.3 is 0 Å². The molecule has 0 spiro atoms. The third-order valence-electron chi connectivity index (χ3n) is 1.65. The highest BCUT2D eigenvalue weighted by Crippen LogP contribution is 2.00. The van der Waals surface area contributed by atoms with E-state index in [0.717, 1.165) is 5.34 Å². The van der Waals surface area contributed by atoms with Crippen LogP contribution in [0.25, 0.3) is 0 Å². The molecule has 0 aromatic rings. The molecule has 8 nitrogen and oxygen atoms in total. The average molecular weight is 254 g/mol. The summed E-state index contributed by atoms with van der Waals surface area (Å²) in [7, 11) is 0. The fraction of sp³-hybridized carbons (Fsp3) is 1.00. The van der Waals surface area contributed by atoms with Crippen molar-refractivity contribution < 1.29 is 29.8 Å². The molecule has 0 saturated heterocycles. The van der Waals surface area contributed by atoms with Crippen LogP contribution in [-0.2, 0) is 14.5 Å². The molecule has 0 radical (unpaired) electrons. The number of hydrazine groups is 1. The molecule has 0 saturated carbocycles. The van der Waals surface area contributed by atoms with Crippen molar-refractivity contribution in [3.8, 4) is 0 Å². The third kappa shape index (κ3) is 8.41. The Bertz CT molecular complexity index is 173. The van der Waals surface area contributed by atoms with Gasteiger partial charge in [-0.1, -0.05) is 5.59 Å². The monoisotopic (exact) mass is 254 g/mol. The van der Waals surface area contributed by atoms with Gasteiger partial charge in [-0.05, 0) is 20.8 Å². The zero-order valence-electron chi connectivity index (χ0n) is 10.4. The van der Waals surface area contributed by atoms with Gasteiger partial charge in [0.25, 0.3) is 0 Å². The Labute approximate surface area is 101 Å². The number of rotatable bonds is 10. The minimum absolute atomic E-state index is 0.175. The first-order chi connectivity index (χ1) is 8.03. The van der Waals surface area contributed by atoms with E-state index in [4.69, 9.17) is 29.8 Å². The highest BCUT2D eigenvalue weighted by Gasteiger charge is 2.15. The van der Waals surface area contributed by atoms with Crippen LogP contribution in [0.2, 0.25) is 0 Å². The van der Waals surface area contributed by atoms with E-state index in [1.165, 1.54) is 0 Å². The van der Waals surface area contributed by atoms with Gasteiger partial charge in [-0.15, -0.1) is 0 Å². The number of nitrogens with one attached hydrogen (secondary N) is 1. The van der Waals surface area contributed by atoms with Crippen LogP contribution in [0, 0.1) is 0 Å². The standard InChI is InChI=1S/C9H22N2O6/c1-7(4-12)15-10-11(16-8(2)5-13)17-9(3)6-14/h7-10,12-14H,4-6H2,1-3H3. The lowest BCUT2D eigenvalue weighted by molar-refractivity contribution is -0.468. The molecule has 3 unspecified atom stereocenters. The van der Waals surface area contributed by atoms with E-state index >= 15 is 0 Å². The summed E-state index contributed by atoms with van der Waals surface area (Å²) in [6.45, 7) is 4.30. The van der Waals surface area contributed by atoms with Gasteiger partial charge in [-0.3, -0.25) is 14.5 Å². The predicted molar refractivity (Wildman–Crippen MR) is 57.9 cm³/mol. The molecule has 0 rings (SSSR count). The van der Waals surface area contributed by atoms with Gasteiger partial charge in [0.15, 0.2) is 0 Å². The largest absolute Gasteiger partial charge is 0.394 e. The van der Waals surface area contributed by atoms with Crippen molar-refractivity contribution in [3.63, 3.8) is 0 Å². The molecule has 4 N–H and O–H groups in total. The zero-order valence-corrected chi connectivity index (χ0v) is 10.4. The molecule has 0 aromatic heterocycles. The summed E-state index contributed by atoms with van der Waals surface area (Å²) in [4.78, 5) is 15.2. The number of hydrogen-bond acceptors (Lipinski definition) is 8. The van der Waals surface area contributed by atoms with Crippen molar-refractivity contribution in [3.05, 3.63) is 0 Å². The summed E-state index contributed by atoms with van der Waals surface area (Å²) in [5.74, 6) is 0. The number of nitrogens with zero attached hydrogens (tertiary/aromatic N) is 1. The predicted octanol–water partition coefficient (Wildman–Crippen LogP) is -1.27. The molecule has 0 bridgehead atoms. The van der Waals surface area contributed by atoms with E-state index in [1.807, 2.05) is 0 Å². The Morgan fingerprint density at radius 3 is 1.65 bits per heavy atom. The molecule has 0 aliphatic heterocycles. The lowest BCUT2D eigenvalue weighted by Gasteiger charge is -2.26. The summed E-state index contributed by atoms with van der Waals surface area (Å²) < 4.78 is 0. The van der Waals surface area contributed by atoms with Gasteiger partial charge in [-0.2, -0.15) is 0 Å². The highest BCUT2D eigenvalue weighted by molar-refractivity contribution is 4.43. The van der Waals surface area contributed by atoms with Crippen LogP contribution in [0.3, 0.4) is 0 Å². The van der Waals surface area contributed by atoms with E-state index in [-0.39, 0.29) is 19.8 Å². The van der Waals surface area contributed by atoms with Gasteiger partial charge < -0.3 is 15.3 Å². The maximum absolute atomic E-state index is 8.83. The van der Waals surface area contributed by atoms with Crippen LogP contribution >= 0.6 is 0 Å². The molecule has 0 fully saturated rings. The van der Waals surface area contributed by atoms with E-state index in [1.54, 1.807) is 20.8 Å². The smallest absolute Gasteiger partial charge is 0.104 e. The first-order valence-corrected chi connectivity index (χ1v) is 5.41. The van der Waals surface area contributed by atoms with Crippen LogP contribution in [0.1, 0.15) is 20.8 Å². The van der Waals surface area contributed by atoms with Crippen LogP contribution in [0.15, 0.2) is 0 Å². The Morgan fingerprint density at radius 1 is 0.882 bits per heavy atom. The average Bonchev–Trinajstić information content (AvgIpc) is 2.34. The van der Waals surface area contributed by atoms with Gasteiger partial charge in [0.1, 0.15) is 18.3 Å². The van der Waals surface area contributed by atoms with E-state index in [9.17, 15) is 0 Å². The lowest BCUT2D eigenvalue weighted by Crippen LogP contribution is -2.45. The Kier molecular flexibility index (Phi) is 9.50. The minimum Gasteiger partial charge on any atom is -0.394 e. The molecule has 0 heterocycles. The van der Waals surface area contributed by atoms with Crippen molar-refractivity contribution in [2.75, 3.05) is 19.8 Å². The lowest BCUT2D eigenvalue weighted by atomic mass is 10.4. The molecular weight excluding hydrogens is 232 g/mol. The molecule has 0 amide bonds. The van der Waals surface area contributed by atoms with Crippen LogP contribution < -0.4 is 5.59 Å². The molecular formula is C9H22N2O6. The van der Waals surface area contributed by atoms with E-state index in [2.05, 4.69) is 5.59 Å². The van der Waals surface area contributed by atoms with Gasteiger partial charge in [0.2, 0.25) is 0 Å². The molecule has 104 valence electrons. The molecule has 0 aliphatic rings. The Hall–Kier alpha value is -0.320. The molecule has 8 heteroatoms. The zero-order chi connectivity index (χ0) is 13.3. The van der Waals surface area contributed by atoms with Crippen LogP contribution in [0.5, 0.6) is 0 Å². The summed E-state index contributed by atoms with van der Waals surface area (Å²) in [6.07, 6.45) is -1.48. The number of aliphatic hydroxyl groups excluding tert-OH is 3. The summed E-state index contributed by atoms with van der Waals surface area (Å²) >= 11 is 0. The van der Waals surface area contributed by atoms with Gasteiger partial charge in [-0.25, -0.2) is 0 Å². The summed E-state index contributed by atoms with van der Waals surface area (Å²) in [6, 6.07) is 0. The molecule has 17 heavy (non-hydrogen) atoms. The fourth-order valence-electron chi connectivity index (χ4n) is 0.632. The second-order valence-corrected chi connectivity index (χ2v) is 3.66. The SMILES string of the molecule is CC(CO)ONN(OC(C)CO)OC(C)CO. The van der Waals surface area contributed by atoms with Crippen molar-refractivity contribution in [2.45, 2.75) is 39.1 Å². The second kappa shape index (κ2) is 9.68. The first-order valence-electron chi connectivity index (χ1n) is 5.41. The van der Waals surface area contributed by atoms with Crippen LogP contribution in [-0.4, -0.2) is 58.8 Å². The van der Waals surface area contributed by atoms with Crippen molar-refractivity contribution >= 4 is 0 Å². The first kappa shape index (κ1) is 16.7. The maximum Gasteiger partial charge on any atom is 0.104 e. The normalized spacial score (nSPS) is 17.1. The van der Waals surface area contributed by atoms with Gasteiger partial charge in [0, 0.05) is 5.34 Å². The third-order valence-corrected chi connectivity index (χ3v) is 1.65. The minimum atomic E-state index is -0.513. The molecule has 0 aromatic carbocycles. The number of hydrogen-bond donors (Lipinski definition) is 4. The summed E-state index contributed by atoms with van der Waals surface area (Å²) in [5.41, 5.74) is 2.31. The topological polar surface area (TPSA) is 104 Å².